The number of halogens is 2. The summed E-state index contributed by atoms with van der Waals surface area (Å²) >= 11 is 12.2. The number of rotatable bonds is 2. The van der Waals surface area contributed by atoms with Gasteiger partial charge in [0.25, 0.3) is 10.1 Å². The molecule has 3 aromatic carbocycles. The van der Waals surface area contributed by atoms with E-state index in [1.54, 1.807) is 36.4 Å². The Balaban J connectivity index is 1.90. The lowest BCUT2D eigenvalue weighted by Crippen LogP contribution is -2.12. The lowest BCUT2D eigenvalue weighted by molar-refractivity contribution is 0.453. The van der Waals surface area contributed by atoms with Gasteiger partial charge in [-0.15, -0.1) is 0 Å². The third kappa shape index (κ3) is 3.08. The van der Waals surface area contributed by atoms with Crippen molar-refractivity contribution in [1.82, 2.24) is 0 Å². The molecule has 3 aromatic rings. The SMILES string of the molecule is O=S(=O)(O)c1ccc(C2c3ccc(Cl)cc3Oc3cc(Cl)ccc32)cc1. The molecule has 0 amide bonds. The first-order valence-corrected chi connectivity index (χ1v) is 9.87. The minimum Gasteiger partial charge on any atom is -0.457 e. The molecule has 0 aliphatic carbocycles. The van der Waals surface area contributed by atoms with Gasteiger partial charge in [-0.05, 0) is 42.0 Å². The fourth-order valence-electron chi connectivity index (χ4n) is 3.15. The largest absolute Gasteiger partial charge is 0.457 e. The van der Waals surface area contributed by atoms with E-state index in [1.165, 1.54) is 12.1 Å². The molecule has 1 aliphatic heterocycles. The summed E-state index contributed by atoms with van der Waals surface area (Å²) in [6.07, 6.45) is 0. The topological polar surface area (TPSA) is 63.6 Å². The van der Waals surface area contributed by atoms with Crippen molar-refractivity contribution in [3.05, 3.63) is 87.4 Å². The van der Waals surface area contributed by atoms with E-state index in [0.29, 0.717) is 21.5 Å². The second kappa shape index (κ2) is 6.28. The highest BCUT2D eigenvalue weighted by Crippen LogP contribution is 2.48. The van der Waals surface area contributed by atoms with Crippen LogP contribution in [-0.2, 0) is 10.1 Å². The average Bonchev–Trinajstić information content (AvgIpc) is 2.59. The van der Waals surface area contributed by atoms with Gasteiger partial charge in [-0.25, -0.2) is 0 Å². The van der Waals surface area contributed by atoms with Crippen molar-refractivity contribution in [2.24, 2.45) is 0 Å². The first kappa shape index (κ1) is 17.4. The first-order valence-electron chi connectivity index (χ1n) is 7.67. The lowest BCUT2D eigenvalue weighted by atomic mass is 9.83. The summed E-state index contributed by atoms with van der Waals surface area (Å²) in [6, 6.07) is 16.9. The average molecular weight is 407 g/mol. The summed E-state index contributed by atoms with van der Waals surface area (Å²) in [5.41, 5.74) is 2.67. The van der Waals surface area contributed by atoms with Gasteiger partial charge in [0, 0.05) is 27.1 Å². The predicted molar refractivity (Wildman–Crippen MR) is 100 cm³/mol. The maximum Gasteiger partial charge on any atom is 0.294 e. The van der Waals surface area contributed by atoms with Crippen LogP contribution in [0.5, 0.6) is 11.5 Å². The van der Waals surface area contributed by atoms with E-state index in [0.717, 1.165) is 16.7 Å². The van der Waals surface area contributed by atoms with Gasteiger partial charge in [-0.1, -0.05) is 47.5 Å². The number of hydrogen-bond donors (Lipinski definition) is 1. The summed E-state index contributed by atoms with van der Waals surface area (Å²) in [7, 11) is -4.24. The zero-order valence-electron chi connectivity index (χ0n) is 13.2. The van der Waals surface area contributed by atoms with E-state index in [2.05, 4.69) is 0 Å². The van der Waals surface area contributed by atoms with Gasteiger partial charge in [0.1, 0.15) is 11.5 Å². The number of ether oxygens (including phenoxy) is 1. The molecule has 1 aliphatic rings. The van der Waals surface area contributed by atoms with Crippen molar-refractivity contribution >= 4 is 33.3 Å². The Morgan fingerprint density at radius 2 is 1.31 bits per heavy atom. The van der Waals surface area contributed by atoms with Crippen LogP contribution in [0.1, 0.15) is 22.6 Å². The Hall–Kier alpha value is -2.05. The molecule has 0 fully saturated rings. The molecule has 0 aromatic heterocycles. The molecule has 1 N–H and O–H groups in total. The third-order valence-corrected chi connectivity index (χ3v) is 5.64. The molecular formula is C19H12Cl2O4S. The van der Waals surface area contributed by atoms with Crippen LogP contribution in [0.15, 0.2) is 65.6 Å². The van der Waals surface area contributed by atoms with E-state index >= 15 is 0 Å². The van der Waals surface area contributed by atoms with Crippen LogP contribution in [0.2, 0.25) is 10.0 Å². The number of benzene rings is 3. The number of hydrogen-bond acceptors (Lipinski definition) is 3. The minimum absolute atomic E-state index is 0.152. The second-order valence-electron chi connectivity index (χ2n) is 5.94. The highest BCUT2D eigenvalue weighted by atomic mass is 35.5. The first-order chi connectivity index (χ1) is 12.3. The summed E-state index contributed by atoms with van der Waals surface area (Å²) in [5.74, 6) is 1.06. The van der Waals surface area contributed by atoms with E-state index in [1.807, 2.05) is 12.1 Å². The van der Waals surface area contributed by atoms with Gasteiger partial charge in [-0.3, -0.25) is 4.55 Å². The van der Waals surface area contributed by atoms with Gasteiger partial charge in [-0.2, -0.15) is 8.42 Å². The molecule has 132 valence electrons. The van der Waals surface area contributed by atoms with Gasteiger partial charge in [0.15, 0.2) is 0 Å². The van der Waals surface area contributed by atoms with Crippen molar-refractivity contribution in [2.75, 3.05) is 0 Å². The maximum atomic E-state index is 11.3. The Morgan fingerprint density at radius 3 is 1.77 bits per heavy atom. The maximum absolute atomic E-state index is 11.3. The smallest absolute Gasteiger partial charge is 0.294 e. The van der Waals surface area contributed by atoms with Gasteiger partial charge < -0.3 is 4.74 Å². The van der Waals surface area contributed by atoms with Crippen LogP contribution in [0, 0.1) is 0 Å². The van der Waals surface area contributed by atoms with Gasteiger partial charge in [0.2, 0.25) is 0 Å². The molecule has 0 unspecified atom stereocenters. The van der Waals surface area contributed by atoms with Crippen molar-refractivity contribution in [3.63, 3.8) is 0 Å². The van der Waals surface area contributed by atoms with E-state index in [4.69, 9.17) is 27.9 Å². The Kier molecular flexibility index (Phi) is 4.20. The van der Waals surface area contributed by atoms with Gasteiger partial charge in [0.05, 0.1) is 4.90 Å². The van der Waals surface area contributed by atoms with E-state index < -0.39 is 10.1 Å². The molecule has 0 spiro atoms. The fourth-order valence-corrected chi connectivity index (χ4v) is 3.95. The molecule has 0 atom stereocenters. The molecule has 0 radical (unpaired) electrons. The summed E-state index contributed by atoms with van der Waals surface area (Å²) in [6.45, 7) is 0. The Labute approximate surface area is 160 Å². The zero-order chi connectivity index (χ0) is 18.5. The molecule has 0 bridgehead atoms. The van der Waals surface area contributed by atoms with Crippen LogP contribution in [0.3, 0.4) is 0 Å². The lowest BCUT2D eigenvalue weighted by Gasteiger charge is -2.29. The standard InChI is InChI=1S/C19H12Cl2O4S/c20-12-3-7-15-17(9-12)25-18-10-13(21)4-8-16(18)19(15)11-1-5-14(6-2-11)26(22,23)24/h1-10,19H,(H,22,23,24). The molecule has 4 rings (SSSR count). The van der Waals surface area contributed by atoms with E-state index in [9.17, 15) is 13.0 Å². The van der Waals surface area contributed by atoms with E-state index in [-0.39, 0.29) is 10.8 Å². The Morgan fingerprint density at radius 1 is 0.808 bits per heavy atom. The van der Waals surface area contributed by atoms with Crippen molar-refractivity contribution in [1.29, 1.82) is 0 Å². The molecule has 4 nitrogen and oxygen atoms in total. The zero-order valence-corrected chi connectivity index (χ0v) is 15.5. The molecule has 26 heavy (non-hydrogen) atoms. The van der Waals surface area contributed by atoms with Crippen LogP contribution >= 0.6 is 23.2 Å². The van der Waals surface area contributed by atoms with Crippen molar-refractivity contribution in [3.8, 4) is 11.5 Å². The second-order valence-corrected chi connectivity index (χ2v) is 8.24. The molecule has 1 heterocycles. The highest BCUT2D eigenvalue weighted by Gasteiger charge is 2.29. The third-order valence-electron chi connectivity index (χ3n) is 4.30. The summed E-state index contributed by atoms with van der Waals surface area (Å²) in [5, 5.41) is 1.10. The summed E-state index contributed by atoms with van der Waals surface area (Å²) < 4.78 is 37.8. The van der Waals surface area contributed by atoms with Crippen molar-refractivity contribution < 1.29 is 17.7 Å². The summed E-state index contributed by atoms with van der Waals surface area (Å²) in [4.78, 5) is -0.152. The molecule has 0 saturated carbocycles. The number of fused-ring (bicyclic) bond motifs is 2. The van der Waals surface area contributed by atoms with Crippen molar-refractivity contribution in [2.45, 2.75) is 10.8 Å². The Bertz CT molecular complexity index is 1060. The molecule has 7 heteroatoms. The minimum atomic E-state index is -4.24. The van der Waals surface area contributed by atoms with Crippen LogP contribution in [-0.4, -0.2) is 13.0 Å². The molecular weight excluding hydrogens is 395 g/mol. The normalized spacial score (nSPS) is 13.7. The predicted octanol–water partition coefficient (Wildman–Crippen LogP) is 5.53. The monoisotopic (exact) mass is 406 g/mol. The quantitative estimate of drug-likeness (QED) is 0.444. The van der Waals surface area contributed by atoms with Crippen LogP contribution in [0.4, 0.5) is 0 Å². The highest BCUT2D eigenvalue weighted by molar-refractivity contribution is 7.85. The van der Waals surface area contributed by atoms with Crippen LogP contribution < -0.4 is 4.74 Å². The fraction of sp³-hybridized carbons (Fsp3) is 0.0526. The molecule has 0 saturated heterocycles. The van der Waals surface area contributed by atoms with Crippen LogP contribution in [0.25, 0.3) is 0 Å². The van der Waals surface area contributed by atoms with Gasteiger partial charge >= 0.3 is 0 Å².